The van der Waals surface area contributed by atoms with Crippen molar-refractivity contribution in [1.82, 2.24) is 9.80 Å². The van der Waals surface area contributed by atoms with Crippen molar-refractivity contribution in [1.29, 1.82) is 0 Å². The van der Waals surface area contributed by atoms with Gasteiger partial charge in [0.25, 0.3) is 0 Å². The van der Waals surface area contributed by atoms with E-state index in [1.54, 1.807) is 0 Å². The Hall–Kier alpha value is -0.410. The molecule has 2 rings (SSSR count). The molecule has 0 amide bonds. The van der Waals surface area contributed by atoms with Crippen LogP contribution in [0.3, 0.4) is 0 Å². The lowest BCUT2D eigenvalue weighted by Crippen LogP contribution is -2.56. The Kier molecular flexibility index (Phi) is 3.12. The summed E-state index contributed by atoms with van der Waals surface area (Å²) >= 11 is 0. The largest absolute Gasteiger partial charge is 0.306 e. The highest BCUT2D eigenvalue weighted by molar-refractivity contribution is 5.86. The van der Waals surface area contributed by atoms with Crippen LogP contribution in [0.2, 0.25) is 0 Å². The number of carbonyl (C=O) groups excluding carboxylic acids is 1. The fourth-order valence-corrected chi connectivity index (χ4v) is 3.14. The van der Waals surface area contributed by atoms with Crippen molar-refractivity contribution in [2.75, 3.05) is 33.7 Å². The summed E-state index contributed by atoms with van der Waals surface area (Å²) in [6, 6.07) is 0.475. The molecule has 1 saturated carbocycles. The molecule has 1 saturated heterocycles. The second-order valence-corrected chi connectivity index (χ2v) is 5.17. The number of likely N-dealkylation sites (tertiary alicyclic amines) is 1. The zero-order chi connectivity index (χ0) is 11.0. The molecule has 3 nitrogen and oxygen atoms in total. The summed E-state index contributed by atoms with van der Waals surface area (Å²) in [6.07, 6.45) is 2.29. The first-order valence-electron chi connectivity index (χ1n) is 6.06. The number of hydrogen-bond acceptors (Lipinski definition) is 3. The van der Waals surface area contributed by atoms with E-state index in [-0.39, 0.29) is 5.92 Å². The highest BCUT2D eigenvalue weighted by Gasteiger charge is 2.43. The second-order valence-electron chi connectivity index (χ2n) is 5.17. The topological polar surface area (TPSA) is 23.6 Å². The molecule has 15 heavy (non-hydrogen) atoms. The highest BCUT2D eigenvalue weighted by atomic mass is 16.1. The van der Waals surface area contributed by atoms with Gasteiger partial charge in [-0.2, -0.15) is 0 Å². The first-order chi connectivity index (χ1) is 7.13. The third kappa shape index (κ3) is 1.95. The van der Waals surface area contributed by atoms with Gasteiger partial charge in [-0.1, -0.05) is 6.92 Å². The van der Waals surface area contributed by atoms with Gasteiger partial charge in [-0.25, -0.2) is 0 Å². The number of piperidine rings is 1. The first kappa shape index (κ1) is 11.1. The Morgan fingerprint density at radius 2 is 2.07 bits per heavy atom. The minimum Gasteiger partial charge on any atom is -0.306 e. The maximum atomic E-state index is 12.1. The van der Waals surface area contributed by atoms with Gasteiger partial charge in [-0.05, 0) is 33.5 Å². The Morgan fingerprint density at radius 1 is 1.33 bits per heavy atom. The summed E-state index contributed by atoms with van der Waals surface area (Å²) < 4.78 is 0. The molecule has 0 aromatic carbocycles. The van der Waals surface area contributed by atoms with Crippen molar-refractivity contribution in [2.45, 2.75) is 25.8 Å². The lowest BCUT2D eigenvalue weighted by atomic mass is 9.73. The molecule has 86 valence electrons. The van der Waals surface area contributed by atoms with Gasteiger partial charge in [0.15, 0.2) is 0 Å². The van der Waals surface area contributed by atoms with Gasteiger partial charge in [0.05, 0.1) is 0 Å². The number of fused-ring (bicyclic) bond motifs is 2. The van der Waals surface area contributed by atoms with Gasteiger partial charge in [0.2, 0.25) is 0 Å². The zero-order valence-corrected chi connectivity index (χ0v) is 10.1. The van der Waals surface area contributed by atoms with Crippen LogP contribution in [0.25, 0.3) is 0 Å². The van der Waals surface area contributed by atoms with Crippen LogP contribution in [-0.4, -0.2) is 55.4 Å². The van der Waals surface area contributed by atoms with Crippen molar-refractivity contribution < 1.29 is 4.79 Å². The highest BCUT2D eigenvalue weighted by Crippen LogP contribution is 2.33. The van der Waals surface area contributed by atoms with E-state index in [0.29, 0.717) is 17.7 Å². The fourth-order valence-electron chi connectivity index (χ4n) is 3.14. The smallest absolute Gasteiger partial charge is 0.143 e. The van der Waals surface area contributed by atoms with Gasteiger partial charge in [-0.15, -0.1) is 0 Å². The number of carbonyl (C=O) groups is 1. The molecule has 2 unspecified atom stereocenters. The zero-order valence-electron chi connectivity index (χ0n) is 10.1. The van der Waals surface area contributed by atoms with E-state index in [0.717, 1.165) is 26.1 Å². The number of rotatable bonds is 2. The van der Waals surface area contributed by atoms with Crippen LogP contribution in [-0.2, 0) is 4.79 Å². The maximum Gasteiger partial charge on any atom is 0.143 e. The van der Waals surface area contributed by atoms with E-state index in [2.05, 4.69) is 30.8 Å². The van der Waals surface area contributed by atoms with Crippen LogP contribution in [0.1, 0.15) is 19.8 Å². The second kappa shape index (κ2) is 4.22. The Balaban J connectivity index is 2.13. The third-order valence-electron chi connectivity index (χ3n) is 4.09. The van der Waals surface area contributed by atoms with Crippen LogP contribution >= 0.6 is 0 Å². The van der Waals surface area contributed by atoms with Crippen LogP contribution in [0.5, 0.6) is 0 Å². The summed E-state index contributed by atoms with van der Waals surface area (Å²) in [5.41, 5.74) is 0. The number of nitrogens with zero attached hydrogens (tertiary/aromatic N) is 2. The molecule has 2 fully saturated rings. The number of hydrogen-bond donors (Lipinski definition) is 0. The van der Waals surface area contributed by atoms with Crippen molar-refractivity contribution >= 4 is 5.78 Å². The van der Waals surface area contributed by atoms with Crippen molar-refractivity contribution in [2.24, 2.45) is 11.8 Å². The van der Waals surface area contributed by atoms with Crippen molar-refractivity contribution in [3.05, 3.63) is 0 Å². The molecule has 1 aliphatic heterocycles. The van der Waals surface area contributed by atoms with Gasteiger partial charge in [0, 0.05) is 31.0 Å². The Morgan fingerprint density at radius 3 is 2.67 bits per heavy atom. The van der Waals surface area contributed by atoms with Crippen molar-refractivity contribution in [3.63, 3.8) is 0 Å². The predicted octanol–water partition coefficient (Wildman–Crippen LogP) is 0.847. The quantitative estimate of drug-likeness (QED) is 0.675. The Labute approximate surface area is 92.4 Å². The lowest BCUT2D eigenvalue weighted by Gasteiger charge is -2.45. The van der Waals surface area contributed by atoms with Gasteiger partial charge >= 0.3 is 0 Å². The SMILES string of the molecule is CCN1CC2CC[C@H](N(C)C)C(C1)C2=O. The molecule has 1 heterocycles. The van der Waals surface area contributed by atoms with Crippen LogP contribution in [0.4, 0.5) is 0 Å². The molecule has 0 aromatic rings. The summed E-state index contributed by atoms with van der Waals surface area (Å²) in [5.74, 6) is 1.14. The number of ketones is 1. The first-order valence-corrected chi connectivity index (χ1v) is 6.06. The molecular formula is C12H22N2O. The van der Waals surface area contributed by atoms with Crippen LogP contribution in [0.15, 0.2) is 0 Å². The van der Waals surface area contributed by atoms with Crippen LogP contribution < -0.4 is 0 Å². The molecule has 3 atom stereocenters. The molecule has 0 aromatic heterocycles. The molecule has 0 spiro atoms. The van der Waals surface area contributed by atoms with Gasteiger partial charge in [-0.3, -0.25) is 4.79 Å². The average Bonchev–Trinajstić information content (AvgIpc) is 2.17. The van der Waals surface area contributed by atoms with Gasteiger partial charge < -0.3 is 9.80 Å². The third-order valence-corrected chi connectivity index (χ3v) is 4.09. The van der Waals surface area contributed by atoms with Gasteiger partial charge in [0.1, 0.15) is 5.78 Å². The molecule has 2 bridgehead atoms. The average molecular weight is 210 g/mol. The summed E-state index contributed by atoms with van der Waals surface area (Å²) in [5, 5.41) is 0. The summed E-state index contributed by atoms with van der Waals surface area (Å²) in [4.78, 5) is 16.8. The standard InChI is InChI=1S/C12H22N2O/c1-4-14-7-9-5-6-11(13(2)3)10(8-14)12(9)15/h9-11H,4-8H2,1-3H3/t9?,10?,11-/m0/s1. The van der Waals surface area contributed by atoms with E-state index >= 15 is 0 Å². The molecule has 2 aliphatic rings. The fraction of sp³-hybridized carbons (Fsp3) is 0.917. The van der Waals surface area contributed by atoms with E-state index in [1.807, 2.05) is 0 Å². The molecule has 0 N–H and O–H groups in total. The molecular weight excluding hydrogens is 188 g/mol. The monoisotopic (exact) mass is 210 g/mol. The van der Waals surface area contributed by atoms with Crippen LogP contribution in [0, 0.1) is 11.8 Å². The van der Waals surface area contributed by atoms with Crippen molar-refractivity contribution in [3.8, 4) is 0 Å². The van der Waals surface area contributed by atoms with E-state index in [4.69, 9.17) is 0 Å². The minimum atomic E-state index is 0.271. The Bertz CT molecular complexity index is 252. The van der Waals surface area contributed by atoms with E-state index < -0.39 is 0 Å². The van der Waals surface area contributed by atoms with E-state index in [9.17, 15) is 4.79 Å². The normalized spacial score (nSPS) is 37.3. The minimum absolute atomic E-state index is 0.271. The molecule has 1 aliphatic carbocycles. The summed E-state index contributed by atoms with van der Waals surface area (Å²) in [7, 11) is 4.20. The number of Topliss-reactive ketones (excluding diaryl/α,β-unsaturated/α-hetero) is 1. The summed E-state index contributed by atoms with van der Waals surface area (Å²) in [6.45, 7) is 5.26. The molecule has 3 heteroatoms. The lowest BCUT2D eigenvalue weighted by molar-refractivity contribution is -0.137. The predicted molar refractivity (Wildman–Crippen MR) is 60.8 cm³/mol. The van der Waals surface area contributed by atoms with E-state index in [1.165, 1.54) is 6.42 Å². The maximum absolute atomic E-state index is 12.1. The molecule has 0 radical (unpaired) electrons.